The van der Waals surface area contributed by atoms with Gasteiger partial charge in [0, 0.05) is 31.7 Å². The Morgan fingerprint density at radius 2 is 1.88 bits per heavy atom. The maximum atomic E-state index is 12.2. The molecule has 2 amide bonds. The molecule has 1 saturated heterocycles. The number of hydrogen-bond donors (Lipinski definition) is 2. The van der Waals surface area contributed by atoms with E-state index in [1.54, 1.807) is 0 Å². The molecule has 0 aromatic heterocycles. The molecule has 0 aromatic rings. The van der Waals surface area contributed by atoms with Gasteiger partial charge in [0.05, 0.1) is 25.8 Å². The topological polar surface area (TPSA) is 73.9 Å². The minimum absolute atomic E-state index is 0.0331. The highest BCUT2D eigenvalue weighted by molar-refractivity contribution is 5.81. The van der Waals surface area contributed by atoms with E-state index in [1.807, 2.05) is 32.6 Å². The second-order valence-electron chi connectivity index (χ2n) is 8.55. The number of rotatable bonds is 9. The van der Waals surface area contributed by atoms with Gasteiger partial charge < -0.3 is 15.4 Å². The minimum atomic E-state index is -0.265. The second-order valence-corrected chi connectivity index (χ2v) is 8.55. The summed E-state index contributed by atoms with van der Waals surface area (Å²) < 4.78 is 5.76. The molecule has 0 aliphatic carbocycles. The van der Waals surface area contributed by atoms with Gasteiger partial charge in [0.1, 0.15) is 0 Å². The number of ether oxygens (including phenoxy) is 1. The van der Waals surface area contributed by atoms with Crippen molar-refractivity contribution in [2.75, 3.05) is 52.4 Å². The lowest BCUT2D eigenvalue weighted by Gasteiger charge is -2.34. The molecular formula is C19H38N4O3. The van der Waals surface area contributed by atoms with Gasteiger partial charge in [-0.05, 0) is 33.2 Å². The fraction of sp³-hybridized carbons (Fsp3) is 0.895. The smallest absolute Gasteiger partial charge is 0.234 e. The van der Waals surface area contributed by atoms with Gasteiger partial charge in [0.15, 0.2) is 0 Å². The molecule has 1 heterocycles. The average molecular weight is 371 g/mol. The van der Waals surface area contributed by atoms with Crippen LogP contribution in [0.3, 0.4) is 0 Å². The largest absolute Gasteiger partial charge is 0.374 e. The molecule has 7 nitrogen and oxygen atoms in total. The zero-order valence-corrected chi connectivity index (χ0v) is 17.4. The number of carbonyl (C=O) groups excluding carboxylic acids is 2. The molecule has 1 aliphatic rings. The zero-order valence-electron chi connectivity index (χ0n) is 17.4. The van der Waals surface area contributed by atoms with Crippen LogP contribution in [-0.4, -0.2) is 85.7 Å². The highest BCUT2D eigenvalue weighted by atomic mass is 16.5. The van der Waals surface area contributed by atoms with Gasteiger partial charge in [-0.2, -0.15) is 0 Å². The average Bonchev–Trinajstić information content (AvgIpc) is 2.50. The maximum Gasteiger partial charge on any atom is 0.234 e. The molecule has 0 spiro atoms. The third-order valence-electron chi connectivity index (χ3n) is 4.07. The predicted molar refractivity (Wildman–Crippen MR) is 104 cm³/mol. The first-order valence-electron chi connectivity index (χ1n) is 9.73. The third-order valence-corrected chi connectivity index (χ3v) is 4.07. The van der Waals surface area contributed by atoms with Crippen molar-refractivity contribution < 1.29 is 14.3 Å². The molecule has 0 aromatic carbocycles. The first-order valence-corrected chi connectivity index (χ1v) is 9.73. The Balaban J connectivity index is 2.34. The Hall–Kier alpha value is -1.18. The van der Waals surface area contributed by atoms with E-state index in [9.17, 15) is 9.59 Å². The number of nitrogens with one attached hydrogen (secondary N) is 2. The summed E-state index contributed by atoms with van der Waals surface area (Å²) in [5.74, 6) is 0.493. The highest BCUT2D eigenvalue weighted by Gasteiger charge is 2.22. The van der Waals surface area contributed by atoms with Crippen LogP contribution in [0, 0.1) is 5.92 Å². The third kappa shape index (κ3) is 10.1. The molecule has 1 fully saturated rings. The standard InChI is InChI=1S/C19H38N4O3/c1-7-22(14-18(25)21-19(4,5)6)13-17(24)20-10-16-12-23(8-9-26-16)11-15(2)3/h15-16H,7-14H2,1-6H3,(H,20,24)(H,21,25). The van der Waals surface area contributed by atoms with Gasteiger partial charge in [-0.3, -0.25) is 19.4 Å². The van der Waals surface area contributed by atoms with Gasteiger partial charge in [-0.15, -0.1) is 0 Å². The van der Waals surface area contributed by atoms with Crippen molar-refractivity contribution in [2.24, 2.45) is 5.92 Å². The molecule has 1 rings (SSSR count). The number of nitrogens with zero attached hydrogens (tertiary/aromatic N) is 2. The Labute approximate surface area is 158 Å². The van der Waals surface area contributed by atoms with E-state index in [0.717, 1.165) is 19.6 Å². The molecule has 1 atom stereocenters. The van der Waals surface area contributed by atoms with E-state index in [0.29, 0.717) is 25.6 Å². The second kappa shape index (κ2) is 10.8. The molecule has 26 heavy (non-hydrogen) atoms. The lowest BCUT2D eigenvalue weighted by Crippen LogP contribution is -2.50. The van der Waals surface area contributed by atoms with Gasteiger partial charge >= 0.3 is 0 Å². The highest BCUT2D eigenvalue weighted by Crippen LogP contribution is 2.07. The molecule has 1 aliphatic heterocycles. The van der Waals surface area contributed by atoms with Gasteiger partial charge in [-0.25, -0.2) is 0 Å². The number of morpholine rings is 1. The summed E-state index contributed by atoms with van der Waals surface area (Å²) in [4.78, 5) is 28.5. The van der Waals surface area contributed by atoms with Crippen molar-refractivity contribution >= 4 is 11.8 Å². The van der Waals surface area contributed by atoms with E-state index in [4.69, 9.17) is 4.74 Å². The number of carbonyl (C=O) groups is 2. The Morgan fingerprint density at radius 3 is 2.46 bits per heavy atom. The molecule has 2 N–H and O–H groups in total. The maximum absolute atomic E-state index is 12.2. The quantitative estimate of drug-likeness (QED) is 0.625. The fourth-order valence-corrected chi connectivity index (χ4v) is 3.01. The Kier molecular flexibility index (Phi) is 9.54. The summed E-state index contributed by atoms with van der Waals surface area (Å²) in [6.45, 7) is 17.4. The van der Waals surface area contributed by atoms with Crippen LogP contribution in [0.15, 0.2) is 0 Å². The van der Waals surface area contributed by atoms with Crippen LogP contribution < -0.4 is 10.6 Å². The summed E-state index contributed by atoms with van der Waals surface area (Å²) in [6.07, 6.45) is 0.0331. The van der Waals surface area contributed by atoms with E-state index in [2.05, 4.69) is 29.4 Å². The molecule has 1 unspecified atom stereocenters. The van der Waals surface area contributed by atoms with Crippen molar-refractivity contribution in [3.05, 3.63) is 0 Å². The van der Waals surface area contributed by atoms with Gasteiger partial charge in [0.2, 0.25) is 11.8 Å². The number of hydrogen-bond acceptors (Lipinski definition) is 5. The molecule has 0 radical (unpaired) electrons. The van der Waals surface area contributed by atoms with Gasteiger partial charge in [0.25, 0.3) is 0 Å². The number of likely N-dealkylation sites (N-methyl/N-ethyl adjacent to an activating group) is 1. The summed E-state index contributed by atoms with van der Waals surface area (Å²) >= 11 is 0. The number of amides is 2. The fourth-order valence-electron chi connectivity index (χ4n) is 3.01. The van der Waals surface area contributed by atoms with Crippen LogP contribution in [0.1, 0.15) is 41.5 Å². The van der Waals surface area contributed by atoms with Crippen LogP contribution in [-0.2, 0) is 14.3 Å². The lowest BCUT2D eigenvalue weighted by molar-refractivity contribution is -0.126. The predicted octanol–water partition coefficient (Wildman–Crippen LogP) is 0.696. The van der Waals surface area contributed by atoms with E-state index in [1.165, 1.54) is 0 Å². The van der Waals surface area contributed by atoms with Crippen LogP contribution in [0.5, 0.6) is 0 Å². The van der Waals surface area contributed by atoms with Crippen LogP contribution in [0.4, 0.5) is 0 Å². The van der Waals surface area contributed by atoms with Crippen molar-refractivity contribution in [2.45, 2.75) is 53.2 Å². The van der Waals surface area contributed by atoms with Crippen molar-refractivity contribution in [3.63, 3.8) is 0 Å². The molecule has 0 bridgehead atoms. The summed E-state index contributed by atoms with van der Waals surface area (Å²) in [6, 6.07) is 0. The zero-order chi connectivity index (χ0) is 19.7. The van der Waals surface area contributed by atoms with Crippen LogP contribution in [0.25, 0.3) is 0 Å². The van der Waals surface area contributed by atoms with E-state index < -0.39 is 0 Å². The first kappa shape index (κ1) is 22.9. The van der Waals surface area contributed by atoms with Crippen LogP contribution in [0.2, 0.25) is 0 Å². The molecule has 0 saturated carbocycles. The van der Waals surface area contributed by atoms with Crippen LogP contribution >= 0.6 is 0 Å². The van der Waals surface area contributed by atoms with Crippen molar-refractivity contribution in [1.29, 1.82) is 0 Å². The summed E-state index contributed by atoms with van der Waals surface area (Å²) in [7, 11) is 0. The van der Waals surface area contributed by atoms with E-state index in [-0.39, 0.29) is 36.5 Å². The van der Waals surface area contributed by atoms with Crippen molar-refractivity contribution in [3.8, 4) is 0 Å². The van der Waals surface area contributed by atoms with E-state index >= 15 is 0 Å². The lowest BCUT2D eigenvalue weighted by atomic mass is 10.1. The molecule has 7 heteroatoms. The summed E-state index contributed by atoms with van der Waals surface area (Å²) in [5, 5.41) is 5.87. The first-order chi connectivity index (χ1) is 12.1. The Bertz CT molecular complexity index is 449. The SMILES string of the molecule is CCN(CC(=O)NCC1CN(CC(C)C)CCO1)CC(=O)NC(C)(C)C. The van der Waals surface area contributed by atoms with Gasteiger partial charge in [-0.1, -0.05) is 20.8 Å². The van der Waals surface area contributed by atoms with Crippen molar-refractivity contribution in [1.82, 2.24) is 20.4 Å². The normalized spacial score (nSPS) is 19.0. The monoisotopic (exact) mass is 370 g/mol. The Morgan fingerprint density at radius 1 is 1.23 bits per heavy atom. The molecule has 152 valence electrons. The minimum Gasteiger partial charge on any atom is -0.374 e. The summed E-state index contributed by atoms with van der Waals surface area (Å²) in [5.41, 5.74) is -0.265. The molecular weight excluding hydrogens is 332 g/mol.